The fourth-order valence-electron chi connectivity index (χ4n) is 2.61. The van der Waals surface area contributed by atoms with Crippen molar-refractivity contribution >= 4 is 5.69 Å². The Morgan fingerprint density at radius 3 is 2.53 bits per heavy atom. The first-order valence-electron chi connectivity index (χ1n) is 6.54. The van der Waals surface area contributed by atoms with Crippen LogP contribution in [0.4, 0.5) is 5.69 Å². The summed E-state index contributed by atoms with van der Waals surface area (Å²) in [6.45, 7) is 8.69. The Balaban J connectivity index is 1.80. The molecule has 1 aliphatic heterocycles. The first-order valence-corrected chi connectivity index (χ1v) is 6.54. The van der Waals surface area contributed by atoms with Gasteiger partial charge in [0.2, 0.25) is 0 Å². The van der Waals surface area contributed by atoms with E-state index < -0.39 is 0 Å². The summed E-state index contributed by atoms with van der Waals surface area (Å²) in [5.41, 5.74) is 3.00. The Bertz CT molecular complexity index is 404. The van der Waals surface area contributed by atoms with Gasteiger partial charge >= 0.3 is 0 Å². The number of ether oxygens (including phenoxy) is 1. The third-order valence-electron chi connectivity index (χ3n) is 3.83. The van der Waals surface area contributed by atoms with Gasteiger partial charge < -0.3 is 9.64 Å². The molecule has 0 aromatic heterocycles. The predicted molar refractivity (Wildman–Crippen MR) is 70.6 cm³/mol. The third-order valence-corrected chi connectivity index (χ3v) is 3.83. The van der Waals surface area contributed by atoms with E-state index in [2.05, 4.69) is 49.9 Å². The molecule has 0 spiro atoms. The highest BCUT2D eigenvalue weighted by Crippen LogP contribution is 2.38. The number of fused-ring (bicyclic) bond motifs is 1. The number of morpholine rings is 1. The summed E-state index contributed by atoms with van der Waals surface area (Å²) in [4.78, 5) is 2.50. The molecule has 0 bridgehead atoms. The van der Waals surface area contributed by atoms with Crippen LogP contribution in [-0.4, -0.2) is 25.3 Å². The van der Waals surface area contributed by atoms with Gasteiger partial charge in [0.05, 0.1) is 18.8 Å². The Kier molecular flexibility index (Phi) is 2.44. The van der Waals surface area contributed by atoms with Crippen molar-refractivity contribution in [1.82, 2.24) is 0 Å². The zero-order valence-corrected chi connectivity index (χ0v) is 10.9. The van der Waals surface area contributed by atoms with E-state index in [1.807, 2.05) is 0 Å². The van der Waals surface area contributed by atoms with Crippen molar-refractivity contribution in [3.8, 4) is 0 Å². The lowest BCUT2D eigenvalue weighted by atomic mass is 9.87. The highest BCUT2D eigenvalue weighted by atomic mass is 16.5. The van der Waals surface area contributed by atoms with Crippen LogP contribution in [-0.2, 0) is 10.2 Å². The molecule has 1 saturated heterocycles. The number of rotatable bonds is 1. The lowest BCUT2D eigenvalue weighted by Crippen LogP contribution is -2.36. The second-order valence-corrected chi connectivity index (χ2v) is 6.20. The van der Waals surface area contributed by atoms with E-state index in [9.17, 15) is 0 Å². The molecule has 1 aliphatic carbocycles. The van der Waals surface area contributed by atoms with E-state index in [-0.39, 0.29) is 5.41 Å². The second kappa shape index (κ2) is 3.74. The number of anilines is 1. The quantitative estimate of drug-likeness (QED) is 0.737. The van der Waals surface area contributed by atoms with Crippen LogP contribution in [0.1, 0.15) is 32.8 Å². The molecular weight excluding hydrogens is 210 g/mol. The van der Waals surface area contributed by atoms with Crippen molar-refractivity contribution in [2.75, 3.05) is 18.1 Å². The first kappa shape index (κ1) is 11.1. The largest absolute Gasteiger partial charge is 0.374 e. The summed E-state index contributed by atoms with van der Waals surface area (Å²) >= 11 is 0. The molecular formula is C15H21NO. The van der Waals surface area contributed by atoms with Gasteiger partial charge in [-0.2, -0.15) is 0 Å². The molecule has 3 rings (SSSR count). The Labute approximate surface area is 104 Å². The van der Waals surface area contributed by atoms with E-state index >= 15 is 0 Å². The van der Waals surface area contributed by atoms with Crippen LogP contribution in [0, 0.1) is 0 Å². The molecule has 2 fully saturated rings. The van der Waals surface area contributed by atoms with Gasteiger partial charge in [0.1, 0.15) is 0 Å². The fourth-order valence-corrected chi connectivity index (χ4v) is 2.61. The molecule has 2 aliphatic rings. The van der Waals surface area contributed by atoms with Crippen molar-refractivity contribution in [2.24, 2.45) is 0 Å². The Morgan fingerprint density at radius 1 is 1.18 bits per heavy atom. The van der Waals surface area contributed by atoms with Gasteiger partial charge in [-0.1, -0.05) is 32.9 Å². The summed E-state index contributed by atoms with van der Waals surface area (Å²) in [6.07, 6.45) is 1.71. The van der Waals surface area contributed by atoms with Gasteiger partial charge in [-0.25, -0.2) is 0 Å². The van der Waals surface area contributed by atoms with Gasteiger partial charge in [0, 0.05) is 12.2 Å². The van der Waals surface area contributed by atoms with E-state index in [0.29, 0.717) is 12.1 Å². The molecule has 2 heteroatoms. The smallest absolute Gasteiger partial charge is 0.0800 e. The average Bonchev–Trinajstić information content (AvgIpc) is 3.06. The Hall–Kier alpha value is -1.02. The molecule has 1 aromatic rings. The number of hydrogen-bond donors (Lipinski definition) is 0. The van der Waals surface area contributed by atoms with Crippen molar-refractivity contribution in [1.29, 1.82) is 0 Å². The summed E-state index contributed by atoms with van der Waals surface area (Å²) in [5, 5.41) is 0. The van der Waals surface area contributed by atoms with Crippen LogP contribution in [0.2, 0.25) is 0 Å². The molecule has 1 aromatic carbocycles. The third kappa shape index (κ3) is 2.06. The van der Waals surface area contributed by atoms with Crippen molar-refractivity contribution in [3.63, 3.8) is 0 Å². The highest BCUT2D eigenvalue weighted by Gasteiger charge is 2.45. The van der Waals surface area contributed by atoms with E-state index in [1.165, 1.54) is 17.7 Å². The maximum Gasteiger partial charge on any atom is 0.0800 e. The number of nitrogens with zero attached hydrogens (tertiary/aromatic N) is 1. The van der Waals surface area contributed by atoms with Crippen LogP contribution >= 0.6 is 0 Å². The minimum Gasteiger partial charge on any atom is -0.374 e. The fraction of sp³-hybridized carbons (Fsp3) is 0.600. The van der Waals surface area contributed by atoms with Crippen molar-refractivity contribution in [3.05, 3.63) is 29.8 Å². The van der Waals surface area contributed by atoms with Crippen LogP contribution in [0.25, 0.3) is 0 Å². The standard InChI is InChI=1S/C15H21NO/c1-15(2,3)11-4-6-12(7-5-11)16-8-9-17-14-10-13(14)16/h4-7,13-14H,8-10H2,1-3H3. The maximum atomic E-state index is 5.64. The molecule has 2 atom stereocenters. The topological polar surface area (TPSA) is 12.5 Å². The van der Waals surface area contributed by atoms with Crippen LogP contribution < -0.4 is 4.90 Å². The van der Waals surface area contributed by atoms with Crippen LogP contribution in [0.15, 0.2) is 24.3 Å². The minimum atomic E-state index is 0.242. The van der Waals surface area contributed by atoms with Gasteiger partial charge in [-0.3, -0.25) is 0 Å². The Morgan fingerprint density at radius 2 is 1.88 bits per heavy atom. The highest BCUT2D eigenvalue weighted by molar-refractivity contribution is 5.51. The number of hydrogen-bond acceptors (Lipinski definition) is 2. The van der Waals surface area contributed by atoms with Crippen LogP contribution in [0.3, 0.4) is 0 Å². The maximum absolute atomic E-state index is 5.64. The van der Waals surface area contributed by atoms with Gasteiger partial charge in [0.25, 0.3) is 0 Å². The molecule has 0 N–H and O–H groups in total. The molecule has 92 valence electrons. The average molecular weight is 231 g/mol. The summed E-state index contributed by atoms with van der Waals surface area (Å²) in [7, 11) is 0. The van der Waals surface area contributed by atoms with E-state index in [0.717, 1.165) is 13.2 Å². The molecule has 0 amide bonds. The molecule has 0 radical (unpaired) electrons. The predicted octanol–water partition coefficient (Wildman–Crippen LogP) is 2.96. The molecule has 2 nitrogen and oxygen atoms in total. The van der Waals surface area contributed by atoms with Crippen molar-refractivity contribution in [2.45, 2.75) is 44.8 Å². The lowest BCUT2D eigenvalue weighted by Gasteiger charge is -2.29. The molecule has 1 heterocycles. The van der Waals surface area contributed by atoms with Crippen molar-refractivity contribution < 1.29 is 4.74 Å². The zero-order chi connectivity index (χ0) is 12.0. The van der Waals surface area contributed by atoms with Crippen LogP contribution in [0.5, 0.6) is 0 Å². The number of benzene rings is 1. The monoisotopic (exact) mass is 231 g/mol. The molecule has 1 saturated carbocycles. The summed E-state index contributed by atoms with van der Waals surface area (Å²) < 4.78 is 5.64. The second-order valence-electron chi connectivity index (χ2n) is 6.20. The lowest BCUT2D eigenvalue weighted by molar-refractivity contribution is 0.103. The van der Waals surface area contributed by atoms with Gasteiger partial charge in [0.15, 0.2) is 0 Å². The molecule has 17 heavy (non-hydrogen) atoms. The minimum absolute atomic E-state index is 0.242. The van der Waals surface area contributed by atoms with E-state index in [4.69, 9.17) is 4.74 Å². The summed E-state index contributed by atoms with van der Waals surface area (Å²) in [5.74, 6) is 0. The summed E-state index contributed by atoms with van der Waals surface area (Å²) in [6, 6.07) is 9.71. The van der Waals surface area contributed by atoms with E-state index in [1.54, 1.807) is 0 Å². The van der Waals surface area contributed by atoms with Gasteiger partial charge in [-0.15, -0.1) is 0 Å². The molecule has 2 unspecified atom stereocenters. The van der Waals surface area contributed by atoms with Gasteiger partial charge in [-0.05, 0) is 29.5 Å². The normalized spacial score (nSPS) is 27.8. The first-order chi connectivity index (χ1) is 8.05. The zero-order valence-electron chi connectivity index (χ0n) is 10.9. The SMILES string of the molecule is CC(C)(C)c1ccc(N2CCOC3CC32)cc1.